The minimum Gasteiger partial charge on any atom is -0.389 e. The molecular formula is C12H13FN2O3S. The second-order valence-corrected chi connectivity index (χ2v) is 6.72. The number of rotatable bonds is 2. The van der Waals surface area contributed by atoms with Crippen LogP contribution in [0.5, 0.6) is 0 Å². The van der Waals surface area contributed by atoms with E-state index in [1.165, 1.54) is 12.1 Å². The number of β-amino-alcohol motifs (C(OH)–C–C–N with tert-alkyl or cyclic N) is 1. The van der Waals surface area contributed by atoms with Gasteiger partial charge in [0.15, 0.2) is 0 Å². The molecule has 7 heteroatoms. The molecule has 1 aliphatic rings. The zero-order chi connectivity index (χ0) is 14.3. The van der Waals surface area contributed by atoms with Crippen molar-refractivity contribution in [2.24, 2.45) is 0 Å². The van der Waals surface area contributed by atoms with E-state index >= 15 is 0 Å². The highest BCUT2D eigenvalue weighted by atomic mass is 32.2. The van der Waals surface area contributed by atoms with Crippen LogP contribution in [-0.2, 0) is 10.0 Å². The molecule has 1 unspecified atom stereocenters. The van der Waals surface area contributed by atoms with Gasteiger partial charge < -0.3 is 5.11 Å². The van der Waals surface area contributed by atoms with E-state index in [9.17, 15) is 17.9 Å². The van der Waals surface area contributed by atoms with Gasteiger partial charge in [-0.05, 0) is 25.5 Å². The molecule has 1 saturated heterocycles. The summed E-state index contributed by atoms with van der Waals surface area (Å²) < 4.78 is 39.2. The summed E-state index contributed by atoms with van der Waals surface area (Å²) in [6.45, 7) is 1.63. The number of halogens is 1. The van der Waals surface area contributed by atoms with Crippen LogP contribution in [0.15, 0.2) is 23.1 Å². The van der Waals surface area contributed by atoms with Crippen molar-refractivity contribution in [2.45, 2.75) is 23.8 Å². The van der Waals surface area contributed by atoms with E-state index < -0.39 is 27.0 Å². The summed E-state index contributed by atoms with van der Waals surface area (Å²) in [6, 6.07) is 5.06. The Morgan fingerprint density at radius 1 is 1.53 bits per heavy atom. The average Bonchev–Trinajstić information content (AvgIpc) is 2.70. The van der Waals surface area contributed by atoms with Crippen molar-refractivity contribution in [3.63, 3.8) is 0 Å². The van der Waals surface area contributed by atoms with Crippen molar-refractivity contribution < 1.29 is 17.9 Å². The van der Waals surface area contributed by atoms with Crippen molar-refractivity contribution in [2.75, 3.05) is 13.1 Å². The fourth-order valence-electron chi connectivity index (χ4n) is 2.08. The highest BCUT2D eigenvalue weighted by Gasteiger charge is 2.39. The Kier molecular flexibility index (Phi) is 3.34. The van der Waals surface area contributed by atoms with Crippen LogP contribution in [0.4, 0.5) is 4.39 Å². The molecule has 1 heterocycles. The van der Waals surface area contributed by atoms with Crippen LogP contribution in [-0.4, -0.2) is 36.5 Å². The van der Waals surface area contributed by atoms with Gasteiger partial charge in [-0.1, -0.05) is 6.07 Å². The molecule has 0 aromatic heterocycles. The predicted octanol–water partition coefficient (Wildman–Crippen LogP) is 0.843. The summed E-state index contributed by atoms with van der Waals surface area (Å²) >= 11 is 0. The SMILES string of the molecule is CC1(O)CCN(S(=O)(=O)c2cccc(F)c2C#N)C1. The molecule has 1 fully saturated rings. The second-order valence-electron chi connectivity index (χ2n) is 4.81. The second kappa shape index (κ2) is 4.56. The van der Waals surface area contributed by atoms with Gasteiger partial charge in [0, 0.05) is 13.1 Å². The van der Waals surface area contributed by atoms with Gasteiger partial charge in [-0.3, -0.25) is 0 Å². The van der Waals surface area contributed by atoms with Gasteiger partial charge in [0.05, 0.1) is 5.60 Å². The molecule has 102 valence electrons. The first kappa shape index (κ1) is 13.9. The third kappa shape index (κ3) is 2.47. The number of benzene rings is 1. The normalized spacial score (nSPS) is 24.3. The maximum absolute atomic E-state index is 13.5. The summed E-state index contributed by atoms with van der Waals surface area (Å²) in [4.78, 5) is -0.354. The standard InChI is InChI=1S/C12H13FN2O3S/c1-12(16)5-6-15(8-12)19(17,18)11-4-2-3-10(13)9(11)7-14/h2-4,16H,5-6,8H2,1H3. The molecule has 0 aliphatic carbocycles. The van der Waals surface area contributed by atoms with Crippen LogP contribution in [0.1, 0.15) is 18.9 Å². The molecule has 1 N–H and O–H groups in total. The summed E-state index contributed by atoms with van der Waals surface area (Å²) in [5, 5.41) is 18.7. The van der Waals surface area contributed by atoms with Crippen molar-refractivity contribution in [1.82, 2.24) is 4.31 Å². The Balaban J connectivity index is 2.48. The lowest BCUT2D eigenvalue weighted by atomic mass is 10.1. The Bertz CT molecular complexity index is 649. The summed E-state index contributed by atoms with van der Waals surface area (Å²) in [5.74, 6) is -0.866. The lowest BCUT2D eigenvalue weighted by molar-refractivity contribution is 0.0762. The zero-order valence-electron chi connectivity index (χ0n) is 10.3. The topological polar surface area (TPSA) is 81.4 Å². The predicted molar refractivity (Wildman–Crippen MR) is 65.1 cm³/mol. The van der Waals surface area contributed by atoms with E-state index in [0.717, 1.165) is 10.4 Å². The van der Waals surface area contributed by atoms with E-state index in [1.807, 2.05) is 0 Å². The van der Waals surface area contributed by atoms with Crippen molar-refractivity contribution in [3.8, 4) is 6.07 Å². The number of sulfonamides is 1. The Hall–Kier alpha value is -1.49. The zero-order valence-corrected chi connectivity index (χ0v) is 11.1. The lowest BCUT2D eigenvalue weighted by Crippen LogP contribution is -2.34. The van der Waals surface area contributed by atoms with E-state index in [2.05, 4.69) is 0 Å². The third-order valence-corrected chi connectivity index (χ3v) is 5.01. The van der Waals surface area contributed by atoms with Crippen LogP contribution < -0.4 is 0 Å². The maximum atomic E-state index is 13.5. The smallest absolute Gasteiger partial charge is 0.244 e. The average molecular weight is 284 g/mol. The van der Waals surface area contributed by atoms with Gasteiger partial charge in [-0.15, -0.1) is 0 Å². The highest BCUT2D eigenvalue weighted by molar-refractivity contribution is 7.89. The highest BCUT2D eigenvalue weighted by Crippen LogP contribution is 2.28. The van der Waals surface area contributed by atoms with Crippen LogP contribution >= 0.6 is 0 Å². The largest absolute Gasteiger partial charge is 0.389 e. The molecule has 1 aliphatic heterocycles. The molecule has 0 saturated carbocycles. The molecule has 19 heavy (non-hydrogen) atoms. The first-order valence-corrected chi connectivity index (χ1v) is 7.13. The number of nitrogens with zero attached hydrogens (tertiary/aromatic N) is 2. The molecule has 5 nitrogen and oxygen atoms in total. The number of hydrogen-bond acceptors (Lipinski definition) is 4. The molecule has 0 amide bonds. The minimum atomic E-state index is -3.96. The van der Waals surface area contributed by atoms with Crippen LogP contribution in [0.3, 0.4) is 0 Å². The number of hydrogen-bond donors (Lipinski definition) is 1. The first-order chi connectivity index (χ1) is 8.78. The quantitative estimate of drug-likeness (QED) is 0.872. The molecule has 0 radical (unpaired) electrons. The van der Waals surface area contributed by atoms with Crippen molar-refractivity contribution >= 4 is 10.0 Å². The number of nitriles is 1. The van der Waals surface area contributed by atoms with Gasteiger partial charge >= 0.3 is 0 Å². The Labute approximate surface area is 110 Å². The fourth-order valence-corrected chi connectivity index (χ4v) is 3.79. The molecule has 1 aromatic carbocycles. The van der Waals surface area contributed by atoms with Gasteiger partial charge in [0.25, 0.3) is 0 Å². The molecule has 2 rings (SSSR count). The fraction of sp³-hybridized carbons (Fsp3) is 0.417. The first-order valence-electron chi connectivity index (χ1n) is 5.69. The van der Waals surface area contributed by atoms with Crippen LogP contribution in [0.2, 0.25) is 0 Å². The molecule has 1 aromatic rings. The van der Waals surface area contributed by atoms with Crippen molar-refractivity contribution in [1.29, 1.82) is 5.26 Å². The van der Waals surface area contributed by atoms with E-state index in [-0.39, 0.29) is 18.0 Å². The lowest BCUT2D eigenvalue weighted by Gasteiger charge is -2.19. The third-order valence-electron chi connectivity index (χ3n) is 3.12. The van der Waals surface area contributed by atoms with Gasteiger partial charge in [-0.25, -0.2) is 12.8 Å². The van der Waals surface area contributed by atoms with E-state index in [4.69, 9.17) is 5.26 Å². The Morgan fingerprint density at radius 2 is 2.21 bits per heavy atom. The molecule has 0 bridgehead atoms. The number of aliphatic hydroxyl groups is 1. The van der Waals surface area contributed by atoms with E-state index in [1.54, 1.807) is 13.0 Å². The monoisotopic (exact) mass is 284 g/mol. The van der Waals surface area contributed by atoms with Crippen molar-refractivity contribution in [3.05, 3.63) is 29.6 Å². The van der Waals surface area contributed by atoms with Gasteiger partial charge in [0.1, 0.15) is 22.3 Å². The van der Waals surface area contributed by atoms with Gasteiger partial charge in [0.2, 0.25) is 10.0 Å². The van der Waals surface area contributed by atoms with Gasteiger partial charge in [-0.2, -0.15) is 9.57 Å². The summed E-state index contributed by atoms with van der Waals surface area (Å²) in [6.07, 6.45) is 0.309. The molecular weight excluding hydrogens is 271 g/mol. The molecule has 0 spiro atoms. The Morgan fingerprint density at radius 3 is 2.74 bits per heavy atom. The summed E-state index contributed by atoms with van der Waals surface area (Å²) in [5.41, 5.74) is -1.58. The van der Waals surface area contributed by atoms with Crippen LogP contribution in [0.25, 0.3) is 0 Å². The summed E-state index contributed by atoms with van der Waals surface area (Å²) in [7, 11) is -3.96. The van der Waals surface area contributed by atoms with Crippen LogP contribution in [0, 0.1) is 17.1 Å². The minimum absolute atomic E-state index is 0.0588. The maximum Gasteiger partial charge on any atom is 0.244 e. The molecule has 1 atom stereocenters. The van der Waals surface area contributed by atoms with E-state index in [0.29, 0.717) is 6.42 Å².